The smallest absolute Gasteiger partial charge is 0.337 e. The van der Waals surface area contributed by atoms with E-state index in [0.717, 1.165) is 5.56 Å². The van der Waals surface area contributed by atoms with Crippen molar-refractivity contribution in [1.29, 1.82) is 0 Å². The molecular formula is C22H21N4O4P. The predicted octanol–water partition coefficient (Wildman–Crippen LogP) is 3.79. The van der Waals surface area contributed by atoms with Crippen LogP contribution in [0.25, 0.3) is 16.9 Å². The van der Waals surface area contributed by atoms with E-state index in [4.69, 9.17) is 10.5 Å². The molecule has 1 unspecified atom stereocenters. The van der Waals surface area contributed by atoms with Crippen molar-refractivity contribution in [3.63, 3.8) is 0 Å². The number of nitrogens with two attached hydrogens (primary N) is 1. The topological polar surface area (TPSA) is 123 Å². The van der Waals surface area contributed by atoms with Crippen LogP contribution in [0.1, 0.15) is 16.8 Å². The standard InChI is InChI=1S/C22H21N4O4P/c1-30-20-10-8-15(9-11-20)22(31(27,28)29)17-5-3-7-19(13-17)26-14-21(24-25-26)16-4-2-6-18(23)12-16/h2-14,22H,23H2,1H3,(H2,27,28,29). The average molecular weight is 436 g/mol. The van der Waals surface area contributed by atoms with Crippen molar-refractivity contribution in [3.8, 4) is 22.7 Å². The molecule has 0 radical (unpaired) electrons. The second-order valence-electron chi connectivity index (χ2n) is 7.03. The van der Waals surface area contributed by atoms with Crippen molar-refractivity contribution in [2.45, 2.75) is 5.66 Å². The van der Waals surface area contributed by atoms with Crippen LogP contribution in [-0.4, -0.2) is 31.9 Å². The van der Waals surface area contributed by atoms with Gasteiger partial charge in [-0.2, -0.15) is 0 Å². The summed E-state index contributed by atoms with van der Waals surface area (Å²) in [5.41, 5.74) is 8.41. The summed E-state index contributed by atoms with van der Waals surface area (Å²) < 4.78 is 19.1. The van der Waals surface area contributed by atoms with Crippen LogP contribution in [0, 0.1) is 0 Å². The van der Waals surface area contributed by atoms with Crippen molar-refractivity contribution >= 4 is 13.3 Å². The van der Waals surface area contributed by atoms with Gasteiger partial charge >= 0.3 is 7.60 Å². The van der Waals surface area contributed by atoms with Crippen LogP contribution in [0.5, 0.6) is 5.75 Å². The Bertz CT molecular complexity index is 1250. The number of aromatic nitrogens is 3. The molecule has 0 amide bonds. The summed E-state index contributed by atoms with van der Waals surface area (Å²) in [6, 6.07) is 20.9. The van der Waals surface area contributed by atoms with Crippen LogP contribution in [0.2, 0.25) is 0 Å². The SMILES string of the molecule is COc1ccc(C(c2cccc(-n3cc(-c4cccc(N)c4)nn3)c2)P(=O)(O)O)cc1. The Balaban J connectivity index is 1.72. The molecule has 1 heterocycles. The lowest BCUT2D eigenvalue weighted by Gasteiger charge is -2.20. The molecule has 0 aliphatic carbocycles. The van der Waals surface area contributed by atoms with Gasteiger partial charge in [0, 0.05) is 11.3 Å². The van der Waals surface area contributed by atoms with Crippen molar-refractivity contribution in [2.24, 2.45) is 0 Å². The van der Waals surface area contributed by atoms with Crippen LogP contribution in [-0.2, 0) is 4.57 Å². The van der Waals surface area contributed by atoms with Gasteiger partial charge in [-0.3, -0.25) is 4.57 Å². The lowest BCUT2D eigenvalue weighted by molar-refractivity contribution is 0.364. The number of rotatable bonds is 6. The molecule has 9 heteroatoms. The van der Waals surface area contributed by atoms with E-state index in [0.29, 0.717) is 33.9 Å². The van der Waals surface area contributed by atoms with Crippen LogP contribution in [0.4, 0.5) is 5.69 Å². The number of anilines is 1. The van der Waals surface area contributed by atoms with Gasteiger partial charge in [0.15, 0.2) is 0 Å². The number of ether oxygens (including phenoxy) is 1. The molecule has 0 saturated carbocycles. The summed E-state index contributed by atoms with van der Waals surface area (Å²) in [6.07, 6.45) is 1.74. The molecule has 0 bridgehead atoms. The molecule has 4 N–H and O–H groups in total. The van der Waals surface area contributed by atoms with E-state index in [2.05, 4.69) is 10.3 Å². The highest BCUT2D eigenvalue weighted by Gasteiger charge is 2.32. The predicted molar refractivity (Wildman–Crippen MR) is 118 cm³/mol. The first-order chi connectivity index (χ1) is 14.8. The molecule has 158 valence electrons. The van der Waals surface area contributed by atoms with Gasteiger partial charge in [0.1, 0.15) is 17.1 Å². The van der Waals surface area contributed by atoms with Gasteiger partial charge in [-0.05, 0) is 47.5 Å². The number of benzene rings is 3. The molecule has 1 atom stereocenters. The van der Waals surface area contributed by atoms with E-state index in [9.17, 15) is 14.4 Å². The third-order valence-corrected chi connectivity index (χ3v) is 6.16. The van der Waals surface area contributed by atoms with Gasteiger partial charge in [0.05, 0.1) is 19.0 Å². The Hall–Kier alpha value is -3.45. The third kappa shape index (κ3) is 4.51. The fourth-order valence-electron chi connectivity index (χ4n) is 3.42. The molecule has 0 aliphatic rings. The average Bonchev–Trinajstić information content (AvgIpc) is 3.24. The fourth-order valence-corrected chi connectivity index (χ4v) is 4.53. The summed E-state index contributed by atoms with van der Waals surface area (Å²) >= 11 is 0. The Morgan fingerprint density at radius 3 is 2.42 bits per heavy atom. The highest BCUT2D eigenvalue weighted by molar-refractivity contribution is 7.52. The first-order valence-electron chi connectivity index (χ1n) is 9.43. The van der Waals surface area contributed by atoms with Gasteiger partial charge in [0.25, 0.3) is 0 Å². The highest BCUT2D eigenvalue weighted by Crippen LogP contribution is 2.55. The second kappa shape index (κ2) is 8.35. The summed E-state index contributed by atoms with van der Waals surface area (Å²) in [5.74, 6) is 0.610. The Labute approximate surface area is 179 Å². The van der Waals surface area contributed by atoms with Crippen molar-refractivity contribution < 1.29 is 19.1 Å². The second-order valence-corrected chi connectivity index (χ2v) is 8.73. The zero-order chi connectivity index (χ0) is 22.0. The van der Waals surface area contributed by atoms with Gasteiger partial charge < -0.3 is 20.3 Å². The van der Waals surface area contributed by atoms with Crippen molar-refractivity contribution in [1.82, 2.24) is 15.0 Å². The summed E-state index contributed by atoms with van der Waals surface area (Å²) in [7, 11) is -2.97. The summed E-state index contributed by atoms with van der Waals surface area (Å²) in [4.78, 5) is 20.2. The van der Waals surface area contributed by atoms with E-state index in [1.54, 1.807) is 71.5 Å². The zero-order valence-electron chi connectivity index (χ0n) is 16.7. The monoisotopic (exact) mass is 436 g/mol. The number of hydrogen-bond acceptors (Lipinski definition) is 5. The largest absolute Gasteiger partial charge is 0.497 e. The zero-order valence-corrected chi connectivity index (χ0v) is 17.6. The number of hydrogen-bond donors (Lipinski definition) is 3. The molecule has 4 rings (SSSR count). The minimum Gasteiger partial charge on any atom is -0.497 e. The molecule has 1 aromatic heterocycles. The van der Waals surface area contributed by atoms with Gasteiger partial charge in [-0.25, -0.2) is 4.68 Å². The van der Waals surface area contributed by atoms with Crippen LogP contribution >= 0.6 is 7.60 Å². The van der Waals surface area contributed by atoms with Gasteiger partial charge in [0.2, 0.25) is 0 Å². The third-order valence-electron chi connectivity index (χ3n) is 4.89. The van der Waals surface area contributed by atoms with Crippen molar-refractivity contribution in [3.05, 3.63) is 90.1 Å². The molecule has 0 fully saturated rings. The molecule has 8 nitrogen and oxygen atoms in total. The van der Waals surface area contributed by atoms with E-state index < -0.39 is 13.3 Å². The Morgan fingerprint density at radius 2 is 1.74 bits per heavy atom. The first-order valence-corrected chi connectivity index (χ1v) is 11.1. The maximum absolute atomic E-state index is 12.4. The summed E-state index contributed by atoms with van der Waals surface area (Å²) in [5, 5.41) is 8.36. The van der Waals surface area contributed by atoms with Gasteiger partial charge in [-0.15, -0.1) is 5.10 Å². The van der Waals surface area contributed by atoms with E-state index in [-0.39, 0.29) is 0 Å². The number of nitrogens with zero attached hydrogens (tertiary/aromatic N) is 3. The fraction of sp³-hybridized carbons (Fsp3) is 0.0909. The van der Waals surface area contributed by atoms with E-state index >= 15 is 0 Å². The molecule has 0 saturated heterocycles. The number of methoxy groups -OCH3 is 1. The van der Waals surface area contributed by atoms with E-state index in [1.807, 2.05) is 12.1 Å². The van der Waals surface area contributed by atoms with Crippen LogP contribution in [0.3, 0.4) is 0 Å². The minimum atomic E-state index is -4.50. The maximum atomic E-state index is 12.4. The molecule has 31 heavy (non-hydrogen) atoms. The Kier molecular flexibility index (Phi) is 5.61. The number of nitrogen functional groups attached to an aromatic ring is 1. The molecule has 0 aliphatic heterocycles. The normalized spacial score (nSPS) is 12.5. The summed E-state index contributed by atoms with van der Waals surface area (Å²) in [6.45, 7) is 0. The molecular weight excluding hydrogens is 415 g/mol. The van der Waals surface area contributed by atoms with Crippen LogP contribution < -0.4 is 10.5 Å². The van der Waals surface area contributed by atoms with Crippen molar-refractivity contribution in [2.75, 3.05) is 12.8 Å². The highest BCUT2D eigenvalue weighted by atomic mass is 31.2. The lowest BCUT2D eigenvalue weighted by atomic mass is 10.0. The molecule has 4 aromatic rings. The first kappa shape index (κ1) is 20.8. The van der Waals surface area contributed by atoms with E-state index in [1.165, 1.54) is 7.11 Å². The molecule has 0 spiro atoms. The lowest BCUT2D eigenvalue weighted by Crippen LogP contribution is -2.04. The quantitative estimate of drug-likeness (QED) is 0.310. The minimum absolute atomic E-state index is 0.469. The van der Waals surface area contributed by atoms with Crippen LogP contribution in [0.15, 0.2) is 79.0 Å². The Morgan fingerprint density at radius 1 is 1.00 bits per heavy atom. The van der Waals surface area contributed by atoms with Gasteiger partial charge in [-0.1, -0.05) is 41.6 Å². The maximum Gasteiger partial charge on any atom is 0.337 e. The molecule has 3 aromatic carbocycles.